The van der Waals surface area contributed by atoms with Crippen molar-refractivity contribution in [3.63, 3.8) is 0 Å². The van der Waals surface area contributed by atoms with Crippen LogP contribution in [-0.2, 0) is 0 Å². The summed E-state index contributed by atoms with van der Waals surface area (Å²) in [5, 5.41) is 9.91. The number of nitrogens with one attached hydrogen (secondary N) is 3. The molecule has 0 amide bonds. The number of hydrogen-bond donors (Lipinski definition) is 3. The quantitative estimate of drug-likeness (QED) is 0.794. The largest absolute Gasteiger partial charge is 0.365 e. The Kier molecular flexibility index (Phi) is 3.52. The van der Waals surface area contributed by atoms with Gasteiger partial charge in [0.2, 0.25) is 0 Å². The predicted octanol–water partition coefficient (Wildman–Crippen LogP) is 2.22. The first-order valence-corrected chi connectivity index (χ1v) is 6.84. The van der Waals surface area contributed by atoms with E-state index in [1.807, 2.05) is 6.07 Å². The predicted molar refractivity (Wildman–Crippen MR) is 81.5 cm³/mol. The Morgan fingerprint density at radius 2 is 1.85 bits per heavy atom. The summed E-state index contributed by atoms with van der Waals surface area (Å²) in [6, 6.07) is 8.71. The molecule has 0 bridgehead atoms. The maximum atomic E-state index is 4.26. The molecule has 5 nitrogen and oxygen atoms in total. The Balaban J connectivity index is 1.72. The van der Waals surface area contributed by atoms with Crippen molar-refractivity contribution in [1.82, 2.24) is 15.3 Å². The van der Waals surface area contributed by atoms with Crippen LogP contribution in [-0.4, -0.2) is 29.1 Å². The Morgan fingerprint density at radius 3 is 2.55 bits per heavy atom. The second kappa shape index (κ2) is 5.46. The van der Waals surface area contributed by atoms with Crippen molar-refractivity contribution in [3.05, 3.63) is 41.7 Å². The lowest BCUT2D eigenvalue weighted by Crippen LogP contribution is -2.51. The van der Waals surface area contributed by atoms with Gasteiger partial charge in [-0.05, 0) is 37.1 Å². The number of anilines is 3. The van der Waals surface area contributed by atoms with Crippen LogP contribution in [0.2, 0.25) is 0 Å². The fourth-order valence-electron chi connectivity index (χ4n) is 2.07. The highest BCUT2D eigenvalue weighted by atomic mass is 15.1. The standard InChI is InChI=1S/C15H19N5/c1-10-3-4-12(5-11(10)2)19-14-6-15(18-9-17-14)20-13-7-16-8-13/h3-6,9,13,16H,7-8H2,1-2H3,(H2,17,18,19,20). The maximum Gasteiger partial charge on any atom is 0.135 e. The molecule has 20 heavy (non-hydrogen) atoms. The van der Waals surface area contributed by atoms with Crippen molar-refractivity contribution in [2.75, 3.05) is 23.7 Å². The zero-order valence-corrected chi connectivity index (χ0v) is 11.8. The molecule has 3 N–H and O–H groups in total. The third-order valence-electron chi connectivity index (χ3n) is 3.58. The van der Waals surface area contributed by atoms with Crippen molar-refractivity contribution < 1.29 is 0 Å². The molecule has 0 atom stereocenters. The van der Waals surface area contributed by atoms with E-state index in [2.05, 4.69) is 58.0 Å². The number of nitrogens with zero attached hydrogens (tertiary/aromatic N) is 2. The third-order valence-corrected chi connectivity index (χ3v) is 3.58. The first-order valence-electron chi connectivity index (χ1n) is 6.84. The van der Waals surface area contributed by atoms with Crippen LogP contribution in [0.1, 0.15) is 11.1 Å². The van der Waals surface area contributed by atoms with E-state index in [0.717, 1.165) is 30.4 Å². The molecule has 0 spiro atoms. The lowest BCUT2D eigenvalue weighted by atomic mass is 10.1. The molecule has 1 fully saturated rings. The molecule has 104 valence electrons. The minimum absolute atomic E-state index is 0.472. The summed E-state index contributed by atoms with van der Waals surface area (Å²) in [7, 11) is 0. The molecule has 0 radical (unpaired) electrons. The highest BCUT2D eigenvalue weighted by Crippen LogP contribution is 2.19. The fourth-order valence-corrected chi connectivity index (χ4v) is 2.07. The van der Waals surface area contributed by atoms with Gasteiger partial charge in [-0.2, -0.15) is 0 Å². The molecule has 1 saturated heterocycles. The topological polar surface area (TPSA) is 61.9 Å². The van der Waals surface area contributed by atoms with Crippen molar-refractivity contribution in [1.29, 1.82) is 0 Å². The van der Waals surface area contributed by atoms with Crippen LogP contribution in [0.3, 0.4) is 0 Å². The summed E-state index contributed by atoms with van der Waals surface area (Å²) in [6.07, 6.45) is 1.58. The summed E-state index contributed by atoms with van der Waals surface area (Å²) in [6.45, 7) is 6.20. The van der Waals surface area contributed by atoms with E-state index < -0.39 is 0 Å². The van der Waals surface area contributed by atoms with E-state index in [-0.39, 0.29) is 0 Å². The fraction of sp³-hybridized carbons (Fsp3) is 0.333. The number of aromatic nitrogens is 2. The van der Waals surface area contributed by atoms with E-state index in [1.165, 1.54) is 11.1 Å². The molecule has 0 aliphatic carbocycles. The van der Waals surface area contributed by atoms with Crippen LogP contribution in [0.4, 0.5) is 17.3 Å². The molecule has 0 unspecified atom stereocenters. The molecule has 2 heterocycles. The van der Waals surface area contributed by atoms with Crippen molar-refractivity contribution in [2.45, 2.75) is 19.9 Å². The Hall–Kier alpha value is -2.14. The van der Waals surface area contributed by atoms with Crippen LogP contribution in [0.15, 0.2) is 30.6 Å². The van der Waals surface area contributed by atoms with Crippen molar-refractivity contribution in [3.8, 4) is 0 Å². The Bertz CT molecular complexity index is 607. The van der Waals surface area contributed by atoms with Gasteiger partial charge in [0.05, 0.1) is 6.04 Å². The lowest BCUT2D eigenvalue weighted by Gasteiger charge is -2.28. The van der Waals surface area contributed by atoms with E-state index in [4.69, 9.17) is 0 Å². The van der Waals surface area contributed by atoms with Crippen LogP contribution in [0.5, 0.6) is 0 Å². The molecule has 0 saturated carbocycles. The zero-order valence-electron chi connectivity index (χ0n) is 11.8. The molecule has 2 aromatic rings. The van der Waals surface area contributed by atoms with Gasteiger partial charge in [-0.1, -0.05) is 6.07 Å². The average molecular weight is 269 g/mol. The smallest absolute Gasteiger partial charge is 0.135 e. The molecule has 1 aliphatic rings. The summed E-state index contributed by atoms with van der Waals surface area (Å²) < 4.78 is 0. The lowest BCUT2D eigenvalue weighted by molar-refractivity contribution is 0.471. The summed E-state index contributed by atoms with van der Waals surface area (Å²) in [5.41, 5.74) is 3.60. The van der Waals surface area contributed by atoms with Crippen LogP contribution in [0, 0.1) is 13.8 Å². The molecule has 3 rings (SSSR count). The molecule has 5 heteroatoms. The van der Waals surface area contributed by atoms with Gasteiger partial charge in [0, 0.05) is 24.8 Å². The van der Waals surface area contributed by atoms with Crippen LogP contribution < -0.4 is 16.0 Å². The van der Waals surface area contributed by atoms with Gasteiger partial charge >= 0.3 is 0 Å². The van der Waals surface area contributed by atoms with Gasteiger partial charge in [0.1, 0.15) is 18.0 Å². The van der Waals surface area contributed by atoms with E-state index >= 15 is 0 Å². The molecular weight excluding hydrogens is 250 g/mol. The zero-order chi connectivity index (χ0) is 13.9. The highest BCUT2D eigenvalue weighted by Gasteiger charge is 2.16. The van der Waals surface area contributed by atoms with Crippen LogP contribution >= 0.6 is 0 Å². The SMILES string of the molecule is Cc1ccc(Nc2cc(NC3CNC3)ncn2)cc1C. The molecule has 1 aromatic heterocycles. The first-order chi connectivity index (χ1) is 9.70. The van der Waals surface area contributed by atoms with Crippen molar-refractivity contribution in [2.24, 2.45) is 0 Å². The second-order valence-electron chi connectivity index (χ2n) is 5.21. The van der Waals surface area contributed by atoms with Crippen molar-refractivity contribution >= 4 is 17.3 Å². The number of rotatable bonds is 4. The van der Waals surface area contributed by atoms with E-state index in [1.54, 1.807) is 6.33 Å². The minimum atomic E-state index is 0.472. The number of aryl methyl sites for hydroxylation is 2. The Morgan fingerprint density at radius 1 is 1.05 bits per heavy atom. The summed E-state index contributed by atoms with van der Waals surface area (Å²) >= 11 is 0. The Labute approximate surface area is 118 Å². The van der Waals surface area contributed by atoms with Gasteiger partial charge in [0.25, 0.3) is 0 Å². The van der Waals surface area contributed by atoms with Gasteiger partial charge in [0.15, 0.2) is 0 Å². The second-order valence-corrected chi connectivity index (χ2v) is 5.21. The molecule has 1 aromatic carbocycles. The average Bonchev–Trinajstić information content (AvgIpc) is 2.39. The molecular formula is C15H19N5. The summed E-state index contributed by atoms with van der Waals surface area (Å²) in [5.74, 6) is 1.66. The van der Waals surface area contributed by atoms with Gasteiger partial charge in [-0.3, -0.25) is 0 Å². The highest BCUT2D eigenvalue weighted by molar-refractivity contribution is 5.60. The van der Waals surface area contributed by atoms with E-state index in [0.29, 0.717) is 6.04 Å². The molecule has 1 aliphatic heterocycles. The monoisotopic (exact) mass is 269 g/mol. The van der Waals surface area contributed by atoms with Gasteiger partial charge in [-0.25, -0.2) is 9.97 Å². The van der Waals surface area contributed by atoms with Gasteiger partial charge in [-0.15, -0.1) is 0 Å². The normalized spacial score (nSPS) is 14.7. The summed E-state index contributed by atoms with van der Waals surface area (Å²) in [4.78, 5) is 8.50. The third kappa shape index (κ3) is 2.88. The minimum Gasteiger partial charge on any atom is -0.365 e. The van der Waals surface area contributed by atoms with Gasteiger partial charge < -0.3 is 16.0 Å². The van der Waals surface area contributed by atoms with Crippen LogP contribution in [0.25, 0.3) is 0 Å². The number of hydrogen-bond acceptors (Lipinski definition) is 5. The maximum absolute atomic E-state index is 4.26. The van der Waals surface area contributed by atoms with E-state index in [9.17, 15) is 0 Å². The first kappa shape index (κ1) is 12.9. The number of benzene rings is 1.